The third-order valence-corrected chi connectivity index (χ3v) is 3.84. The third-order valence-electron chi connectivity index (χ3n) is 3.67. The molecule has 0 amide bonds. The molecule has 2 rings (SSSR count). The van der Waals surface area contributed by atoms with Crippen LogP contribution in [0.3, 0.4) is 0 Å². The molecular formula is C13H22ClN5. The summed E-state index contributed by atoms with van der Waals surface area (Å²) in [7, 11) is 5.86. The lowest BCUT2D eigenvalue weighted by molar-refractivity contribution is 0.544. The molecule has 0 aromatic carbocycles. The zero-order chi connectivity index (χ0) is 13.8. The second-order valence-corrected chi connectivity index (χ2v) is 5.69. The van der Waals surface area contributed by atoms with E-state index >= 15 is 0 Å². The average Bonchev–Trinajstić information content (AvgIpc) is 2.65. The Labute approximate surface area is 120 Å². The quantitative estimate of drug-likeness (QED) is 0.798. The summed E-state index contributed by atoms with van der Waals surface area (Å²) in [4.78, 5) is 16.9. The summed E-state index contributed by atoms with van der Waals surface area (Å²) in [5, 5.41) is 0.258. The fourth-order valence-corrected chi connectivity index (χ4v) is 2.65. The topological polar surface area (TPSA) is 45.2 Å². The number of hydrogen-bond acceptors (Lipinski definition) is 5. The van der Waals surface area contributed by atoms with E-state index in [9.17, 15) is 0 Å². The van der Waals surface area contributed by atoms with Crippen molar-refractivity contribution >= 4 is 23.5 Å². The molecule has 1 aromatic rings. The van der Waals surface area contributed by atoms with E-state index < -0.39 is 0 Å². The lowest BCUT2D eigenvalue weighted by Crippen LogP contribution is -2.33. The van der Waals surface area contributed by atoms with Crippen molar-refractivity contribution in [3.8, 4) is 0 Å². The molecule has 1 saturated carbocycles. The zero-order valence-electron chi connectivity index (χ0n) is 11.9. The van der Waals surface area contributed by atoms with E-state index in [0.717, 1.165) is 0 Å². The van der Waals surface area contributed by atoms with E-state index in [2.05, 4.69) is 26.9 Å². The predicted octanol–water partition coefficient (Wildman–Crippen LogP) is 2.75. The van der Waals surface area contributed by atoms with Gasteiger partial charge in [0.1, 0.15) is 0 Å². The second kappa shape index (κ2) is 6.37. The van der Waals surface area contributed by atoms with Gasteiger partial charge in [0, 0.05) is 27.2 Å². The molecule has 0 unspecified atom stereocenters. The summed E-state index contributed by atoms with van der Waals surface area (Å²) < 4.78 is 0. The minimum Gasteiger partial charge on any atom is -0.347 e. The SMILES string of the molecule is CN(C)c1nc(Cl)nc(N(C)C2CCCCCC2)n1. The first-order valence-electron chi connectivity index (χ1n) is 6.89. The average molecular weight is 284 g/mol. The molecule has 0 bridgehead atoms. The van der Waals surface area contributed by atoms with Crippen LogP contribution in [-0.2, 0) is 0 Å². The van der Waals surface area contributed by atoms with Gasteiger partial charge in [-0.1, -0.05) is 25.7 Å². The highest BCUT2D eigenvalue weighted by Gasteiger charge is 2.20. The summed E-state index contributed by atoms with van der Waals surface area (Å²) in [6.45, 7) is 0. The van der Waals surface area contributed by atoms with Gasteiger partial charge in [-0.2, -0.15) is 15.0 Å². The molecule has 1 aliphatic rings. The Bertz CT molecular complexity index is 415. The fraction of sp³-hybridized carbons (Fsp3) is 0.769. The lowest BCUT2D eigenvalue weighted by atomic mass is 10.1. The molecule has 0 N–H and O–H groups in total. The Morgan fingerprint density at radius 3 is 2.05 bits per heavy atom. The van der Waals surface area contributed by atoms with Crippen LogP contribution in [0.1, 0.15) is 38.5 Å². The fourth-order valence-electron chi connectivity index (χ4n) is 2.50. The van der Waals surface area contributed by atoms with Crippen LogP contribution in [-0.4, -0.2) is 42.1 Å². The Morgan fingerprint density at radius 1 is 0.895 bits per heavy atom. The third kappa shape index (κ3) is 3.69. The van der Waals surface area contributed by atoms with Gasteiger partial charge in [0.05, 0.1) is 0 Å². The molecule has 1 heterocycles. The summed E-state index contributed by atoms with van der Waals surface area (Å²) >= 11 is 5.99. The predicted molar refractivity (Wildman–Crippen MR) is 79.1 cm³/mol. The van der Waals surface area contributed by atoms with Gasteiger partial charge < -0.3 is 9.80 Å². The number of aromatic nitrogens is 3. The Morgan fingerprint density at radius 2 is 1.47 bits per heavy atom. The van der Waals surface area contributed by atoms with Gasteiger partial charge in [-0.3, -0.25) is 0 Å². The van der Waals surface area contributed by atoms with Gasteiger partial charge in [0.2, 0.25) is 17.2 Å². The van der Waals surface area contributed by atoms with Crippen LogP contribution in [0.15, 0.2) is 0 Å². The Hall–Kier alpha value is -1.10. The van der Waals surface area contributed by atoms with Gasteiger partial charge in [0.25, 0.3) is 0 Å². The van der Waals surface area contributed by atoms with Crippen molar-refractivity contribution in [3.63, 3.8) is 0 Å². The molecular weight excluding hydrogens is 262 g/mol. The minimum atomic E-state index is 0.258. The summed E-state index contributed by atoms with van der Waals surface area (Å²) in [6.07, 6.45) is 7.66. The molecule has 19 heavy (non-hydrogen) atoms. The van der Waals surface area contributed by atoms with Crippen molar-refractivity contribution in [2.24, 2.45) is 0 Å². The first-order chi connectivity index (χ1) is 9.08. The standard InChI is InChI=1S/C13H22ClN5/c1-18(2)12-15-11(14)16-13(17-12)19(3)10-8-6-4-5-7-9-10/h10H,4-9H2,1-3H3. The van der Waals surface area contributed by atoms with Crippen LogP contribution in [0.5, 0.6) is 0 Å². The minimum absolute atomic E-state index is 0.258. The first kappa shape index (κ1) is 14.3. The van der Waals surface area contributed by atoms with Crippen molar-refractivity contribution in [1.82, 2.24) is 15.0 Å². The number of anilines is 2. The van der Waals surface area contributed by atoms with Crippen molar-refractivity contribution < 1.29 is 0 Å². The molecule has 1 aliphatic carbocycles. The van der Waals surface area contributed by atoms with Crippen LogP contribution in [0, 0.1) is 0 Å². The van der Waals surface area contributed by atoms with E-state index in [1.54, 1.807) is 0 Å². The number of nitrogens with zero attached hydrogens (tertiary/aromatic N) is 5. The number of hydrogen-bond donors (Lipinski definition) is 0. The maximum absolute atomic E-state index is 5.99. The van der Waals surface area contributed by atoms with Crippen LogP contribution in [0.25, 0.3) is 0 Å². The smallest absolute Gasteiger partial charge is 0.231 e. The molecule has 0 aliphatic heterocycles. The van der Waals surface area contributed by atoms with Crippen LogP contribution >= 0.6 is 11.6 Å². The zero-order valence-corrected chi connectivity index (χ0v) is 12.7. The van der Waals surface area contributed by atoms with Gasteiger partial charge in [-0.05, 0) is 24.4 Å². The Balaban J connectivity index is 2.19. The van der Waals surface area contributed by atoms with Gasteiger partial charge in [0.15, 0.2) is 0 Å². The molecule has 1 aromatic heterocycles. The van der Waals surface area contributed by atoms with Crippen LogP contribution < -0.4 is 9.80 Å². The van der Waals surface area contributed by atoms with Crippen molar-refractivity contribution in [2.75, 3.05) is 30.9 Å². The highest BCUT2D eigenvalue weighted by atomic mass is 35.5. The van der Waals surface area contributed by atoms with Crippen molar-refractivity contribution in [1.29, 1.82) is 0 Å². The molecule has 6 heteroatoms. The molecule has 0 saturated heterocycles. The number of rotatable bonds is 3. The highest BCUT2D eigenvalue weighted by molar-refractivity contribution is 6.28. The number of halogens is 1. The van der Waals surface area contributed by atoms with E-state index in [0.29, 0.717) is 17.9 Å². The van der Waals surface area contributed by atoms with Crippen LogP contribution in [0.2, 0.25) is 5.28 Å². The van der Waals surface area contributed by atoms with Crippen molar-refractivity contribution in [2.45, 2.75) is 44.6 Å². The van der Waals surface area contributed by atoms with Gasteiger partial charge in [-0.15, -0.1) is 0 Å². The summed E-state index contributed by atoms with van der Waals surface area (Å²) in [6, 6.07) is 0.510. The molecule has 0 radical (unpaired) electrons. The maximum Gasteiger partial charge on any atom is 0.231 e. The van der Waals surface area contributed by atoms with E-state index in [1.807, 2.05) is 19.0 Å². The van der Waals surface area contributed by atoms with E-state index in [4.69, 9.17) is 11.6 Å². The summed E-state index contributed by atoms with van der Waals surface area (Å²) in [5.41, 5.74) is 0. The summed E-state index contributed by atoms with van der Waals surface area (Å²) in [5.74, 6) is 1.28. The molecule has 1 fully saturated rings. The van der Waals surface area contributed by atoms with E-state index in [-0.39, 0.29) is 5.28 Å². The Kier molecular flexibility index (Phi) is 4.80. The molecule has 106 valence electrons. The van der Waals surface area contributed by atoms with Crippen LogP contribution in [0.4, 0.5) is 11.9 Å². The molecule has 0 spiro atoms. The van der Waals surface area contributed by atoms with Crippen molar-refractivity contribution in [3.05, 3.63) is 5.28 Å². The monoisotopic (exact) mass is 283 g/mol. The highest BCUT2D eigenvalue weighted by Crippen LogP contribution is 2.24. The molecule has 0 atom stereocenters. The maximum atomic E-state index is 5.99. The first-order valence-corrected chi connectivity index (χ1v) is 7.27. The van der Waals surface area contributed by atoms with E-state index in [1.165, 1.54) is 38.5 Å². The molecule has 5 nitrogen and oxygen atoms in total. The second-order valence-electron chi connectivity index (χ2n) is 5.36. The normalized spacial score (nSPS) is 17.1. The lowest BCUT2D eigenvalue weighted by Gasteiger charge is -2.27. The van der Waals surface area contributed by atoms with Gasteiger partial charge >= 0.3 is 0 Å². The van der Waals surface area contributed by atoms with Gasteiger partial charge in [-0.25, -0.2) is 0 Å². The largest absolute Gasteiger partial charge is 0.347 e.